The van der Waals surface area contributed by atoms with E-state index in [0.717, 1.165) is 31.4 Å². The fourth-order valence-electron chi connectivity index (χ4n) is 5.04. The molecule has 0 unspecified atom stereocenters. The molecule has 0 spiro atoms. The summed E-state index contributed by atoms with van der Waals surface area (Å²) in [6, 6.07) is 5.21. The van der Waals surface area contributed by atoms with E-state index in [0.29, 0.717) is 25.2 Å². The molecule has 2 aliphatic heterocycles. The summed E-state index contributed by atoms with van der Waals surface area (Å²) in [5.41, 5.74) is 1.47. The first kappa shape index (κ1) is 18.1. The first-order chi connectivity index (χ1) is 14.1. The highest BCUT2D eigenvalue weighted by Crippen LogP contribution is 2.41. The topological polar surface area (TPSA) is 100 Å². The molecule has 29 heavy (non-hydrogen) atoms. The number of aromatic nitrogens is 3. The molecule has 152 valence electrons. The van der Waals surface area contributed by atoms with Crippen LogP contribution in [0.5, 0.6) is 0 Å². The second kappa shape index (κ2) is 7.17. The Hall–Kier alpha value is -2.90. The monoisotopic (exact) mass is 395 g/mol. The number of rotatable bonds is 4. The molecule has 2 N–H and O–H groups in total. The number of hydrogen-bond donors (Lipinski definition) is 2. The van der Waals surface area contributed by atoms with E-state index in [9.17, 15) is 14.4 Å². The van der Waals surface area contributed by atoms with E-state index < -0.39 is 0 Å². The summed E-state index contributed by atoms with van der Waals surface area (Å²) in [7, 11) is 0. The van der Waals surface area contributed by atoms with Gasteiger partial charge in [-0.15, -0.1) is 0 Å². The number of fused-ring (bicyclic) bond motifs is 4. The minimum Gasteiger partial charge on any atom is -0.354 e. The number of H-pyrrole nitrogens is 1. The standard InChI is InChI=1S/C21H25N5O3/c27-19-6-2-5-17-14-7-15(12-25(11-14)21(29)16-8-23-24-9-16)18(26(17)19)10-22-20(28)13-3-1-4-13/h2,5-6,8-9,13-15,18H,1,3-4,7,10-12H2,(H,22,28)(H,23,24)/t14-,15+,18+/m1/s1. The third kappa shape index (κ3) is 3.16. The zero-order chi connectivity index (χ0) is 20.0. The van der Waals surface area contributed by atoms with Crippen molar-refractivity contribution >= 4 is 11.8 Å². The van der Waals surface area contributed by atoms with Crippen LogP contribution in [0.25, 0.3) is 0 Å². The van der Waals surface area contributed by atoms with Gasteiger partial charge in [0.2, 0.25) is 5.91 Å². The van der Waals surface area contributed by atoms with Crippen LogP contribution >= 0.6 is 0 Å². The fourth-order valence-corrected chi connectivity index (χ4v) is 5.04. The molecular weight excluding hydrogens is 370 g/mol. The molecule has 8 heteroatoms. The van der Waals surface area contributed by atoms with Crippen LogP contribution in [-0.4, -0.2) is 51.1 Å². The first-order valence-corrected chi connectivity index (χ1v) is 10.4. The van der Waals surface area contributed by atoms with Gasteiger partial charge in [-0.2, -0.15) is 5.10 Å². The Balaban J connectivity index is 1.42. The summed E-state index contributed by atoms with van der Waals surface area (Å²) in [5, 5.41) is 9.66. The summed E-state index contributed by atoms with van der Waals surface area (Å²) in [4.78, 5) is 39.9. The molecule has 2 aromatic heterocycles. The Morgan fingerprint density at radius 1 is 1.24 bits per heavy atom. The molecule has 1 aliphatic carbocycles. The molecule has 3 aliphatic rings. The number of pyridine rings is 1. The highest BCUT2D eigenvalue weighted by Gasteiger charge is 2.42. The quantitative estimate of drug-likeness (QED) is 0.815. The molecule has 4 heterocycles. The molecule has 2 fully saturated rings. The number of piperidine rings is 1. The summed E-state index contributed by atoms with van der Waals surface area (Å²) in [6.45, 7) is 1.59. The van der Waals surface area contributed by atoms with Crippen LogP contribution < -0.4 is 10.9 Å². The van der Waals surface area contributed by atoms with Crippen molar-refractivity contribution < 1.29 is 9.59 Å². The van der Waals surface area contributed by atoms with E-state index in [4.69, 9.17) is 0 Å². The third-order valence-corrected chi connectivity index (χ3v) is 6.79. The van der Waals surface area contributed by atoms with Crippen LogP contribution in [0.3, 0.4) is 0 Å². The third-order valence-electron chi connectivity index (χ3n) is 6.79. The predicted octanol–water partition coefficient (Wildman–Crippen LogP) is 1.29. The lowest BCUT2D eigenvalue weighted by Crippen LogP contribution is -2.53. The van der Waals surface area contributed by atoms with Gasteiger partial charge in [-0.1, -0.05) is 12.5 Å². The van der Waals surface area contributed by atoms with Crippen molar-refractivity contribution in [2.45, 2.75) is 37.6 Å². The number of carbonyl (C=O) groups is 2. The maximum absolute atomic E-state index is 12.9. The van der Waals surface area contributed by atoms with Gasteiger partial charge in [-0.3, -0.25) is 19.5 Å². The van der Waals surface area contributed by atoms with Gasteiger partial charge in [0.25, 0.3) is 11.5 Å². The van der Waals surface area contributed by atoms with Crippen molar-refractivity contribution in [3.8, 4) is 0 Å². The average Bonchev–Trinajstić information content (AvgIpc) is 3.21. The fraction of sp³-hybridized carbons (Fsp3) is 0.524. The average molecular weight is 395 g/mol. The number of carbonyl (C=O) groups excluding carboxylic acids is 2. The summed E-state index contributed by atoms with van der Waals surface area (Å²) in [6.07, 6.45) is 7.09. The number of hydrogen-bond acceptors (Lipinski definition) is 4. The van der Waals surface area contributed by atoms with Crippen LogP contribution in [0.4, 0.5) is 0 Å². The predicted molar refractivity (Wildman–Crippen MR) is 105 cm³/mol. The van der Waals surface area contributed by atoms with Crippen LogP contribution in [0.15, 0.2) is 35.4 Å². The van der Waals surface area contributed by atoms with Gasteiger partial charge in [-0.05, 0) is 31.2 Å². The molecule has 5 rings (SSSR count). The van der Waals surface area contributed by atoms with Gasteiger partial charge in [0.05, 0.1) is 17.8 Å². The van der Waals surface area contributed by atoms with E-state index in [2.05, 4.69) is 15.5 Å². The normalized spacial score (nSPS) is 25.8. The van der Waals surface area contributed by atoms with Crippen molar-refractivity contribution in [1.29, 1.82) is 0 Å². The van der Waals surface area contributed by atoms with Gasteiger partial charge in [0.1, 0.15) is 0 Å². The number of likely N-dealkylation sites (tertiary alicyclic amines) is 1. The molecule has 2 aromatic rings. The SMILES string of the molecule is O=C(NC[C@H]1[C@H]2C[C@H](CN(C(=O)c3cn[nH]c3)C2)c2cccc(=O)n21)C1CCC1. The second-order valence-electron chi connectivity index (χ2n) is 8.49. The maximum atomic E-state index is 12.9. The Bertz CT molecular complexity index is 978. The Morgan fingerprint density at radius 2 is 2.10 bits per heavy atom. The van der Waals surface area contributed by atoms with Gasteiger partial charge < -0.3 is 14.8 Å². The lowest BCUT2D eigenvalue weighted by molar-refractivity contribution is -0.127. The molecular formula is C21H25N5O3. The molecule has 8 nitrogen and oxygen atoms in total. The van der Waals surface area contributed by atoms with E-state index in [-0.39, 0.29) is 41.2 Å². The summed E-state index contributed by atoms with van der Waals surface area (Å²) < 4.78 is 1.86. The summed E-state index contributed by atoms with van der Waals surface area (Å²) >= 11 is 0. The minimum atomic E-state index is -0.140. The van der Waals surface area contributed by atoms with Crippen molar-refractivity contribution in [3.63, 3.8) is 0 Å². The summed E-state index contributed by atoms with van der Waals surface area (Å²) in [5.74, 6) is 0.406. The molecule has 2 bridgehead atoms. The molecule has 0 radical (unpaired) electrons. The highest BCUT2D eigenvalue weighted by atomic mass is 16.2. The Kier molecular flexibility index (Phi) is 4.49. The lowest BCUT2D eigenvalue weighted by atomic mass is 9.78. The van der Waals surface area contributed by atoms with E-state index in [1.807, 2.05) is 15.5 Å². The van der Waals surface area contributed by atoms with E-state index in [1.165, 1.54) is 0 Å². The van der Waals surface area contributed by atoms with Crippen LogP contribution in [0, 0.1) is 11.8 Å². The zero-order valence-corrected chi connectivity index (χ0v) is 16.2. The largest absolute Gasteiger partial charge is 0.354 e. The van der Waals surface area contributed by atoms with E-state index >= 15 is 0 Å². The Morgan fingerprint density at radius 3 is 2.83 bits per heavy atom. The lowest BCUT2D eigenvalue weighted by Gasteiger charge is -2.47. The van der Waals surface area contributed by atoms with Crippen molar-refractivity contribution in [3.05, 3.63) is 52.2 Å². The number of nitrogens with zero attached hydrogens (tertiary/aromatic N) is 3. The minimum absolute atomic E-state index is 0.0327. The molecule has 1 saturated carbocycles. The van der Waals surface area contributed by atoms with Crippen molar-refractivity contribution in [2.24, 2.45) is 11.8 Å². The van der Waals surface area contributed by atoms with Crippen LogP contribution in [0.2, 0.25) is 0 Å². The molecule has 2 amide bonds. The highest BCUT2D eigenvalue weighted by molar-refractivity contribution is 5.93. The molecule has 0 aromatic carbocycles. The van der Waals surface area contributed by atoms with E-state index in [1.54, 1.807) is 24.5 Å². The maximum Gasteiger partial charge on any atom is 0.257 e. The first-order valence-electron chi connectivity index (χ1n) is 10.4. The molecule has 3 atom stereocenters. The van der Waals surface area contributed by atoms with Gasteiger partial charge in [0.15, 0.2) is 0 Å². The smallest absolute Gasteiger partial charge is 0.257 e. The van der Waals surface area contributed by atoms with Crippen LogP contribution in [0.1, 0.15) is 53.7 Å². The van der Waals surface area contributed by atoms with Gasteiger partial charge >= 0.3 is 0 Å². The zero-order valence-electron chi connectivity index (χ0n) is 16.2. The van der Waals surface area contributed by atoms with Crippen molar-refractivity contribution in [2.75, 3.05) is 19.6 Å². The number of nitrogens with one attached hydrogen (secondary N) is 2. The van der Waals surface area contributed by atoms with Crippen molar-refractivity contribution in [1.82, 2.24) is 25.0 Å². The second-order valence-corrected chi connectivity index (χ2v) is 8.49. The number of amides is 2. The Labute approximate surface area is 168 Å². The van der Waals surface area contributed by atoms with Gasteiger partial charge in [-0.25, -0.2) is 0 Å². The van der Waals surface area contributed by atoms with Gasteiger partial charge in [0, 0.05) is 49.4 Å². The van der Waals surface area contributed by atoms with Crippen LogP contribution in [-0.2, 0) is 4.79 Å². The number of aromatic amines is 1. The molecule has 1 saturated heterocycles.